The van der Waals surface area contributed by atoms with Crippen LogP contribution in [0.3, 0.4) is 0 Å². The molecule has 1 heterocycles. The fourth-order valence-corrected chi connectivity index (χ4v) is 3.43. The Morgan fingerprint density at radius 2 is 1.63 bits per heavy atom. The molecule has 0 bridgehead atoms. The van der Waals surface area contributed by atoms with E-state index in [9.17, 15) is 9.18 Å². The van der Waals surface area contributed by atoms with E-state index in [1.165, 1.54) is 17.7 Å². The summed E-state index contributed by atoms with van der Waals surface area (Å²) in [7, 11) is 0. The van der Waals surface area contributed by atoms with E-state index in [1.54, 1.807) is 6.07 Å². The van der Waals surface area contributed by atoms with Gasteiger partial charge in [-0.05, 0) is 36.7 Å². The van der Waals surface area contributed by atoms with Crippen molar-refractivity contribution < 1.29 is 9.13 Å². The van der Waals surface area contributed by atoms with Crippen molar-refractivity contribution in [3.8, 4) is 17.0 Å². The number of nitrogens with one attached hydrogen (secondary N) is 2. The van der Waals surface area contributed by atoms with Gasteiger partial charge >= 0.3 is 0 Å². The van der Waals surface area contributed by atoms with Crippen LogP contribution in [-0.4, -0.2) is 18.1 Å². The normalized spacial score (nSPS) is 11.0. The lowest BCUT2D eigenvalue weighted by molar-refractivity contribution is 0.311. The first-order chi connectivity index (χ1) is 14.7. The van der Waals surface area contributed by atoms with Gasteiger partial charge in [-0.25, -0.2) is 4.39 Å². The molecule has 0 saturated heterocycles. The van der Waals surface area contributed by atoms with Gasteiger partial charge in [-0.3, -0.25) is 4.79 Å². The molecule has 4 rings (SSSR count). The van der Waals surface area contributed by atoms with Gasteiger partial charge in [-0.15, -0.1) is 0 Å². The highest BCUT2D eigenvalue weighted by Gasteiger charge is 2.15. The smallest absolute Gasteiger partial charge is 0.256 e. The van der Waals surface area contributed by atoms with E-state index in [0.29, 0.717) is 23.4 Å². The van der Waals surface area contributed by atoms with Crippen molar-refractivity contribution in [2.24, 2.45) is 0 Å². The molecule has 4 aromatic rings. The number of hydrogen-bond acceptors (Lipinski definition) is 3. The molecule has 0 aliphatic rings. The van der Waals surface area contributed by atoms with Gasteiger partial charge in [0, 0.05) is 17.5 Å². The van der Waals surface area contributed by atoms with E-state index in [1.807, 2.05) is 48.5 Å². The first-order valence-corrected chi connectivity index (χ1v) is 10.0. The molecule has 0 spiro atoms. The molecule has 0 fully saturated rings. The maximum absolute atomic E-state index is 13.7. The Kier molecular flexibility index (Phi) is 6.20. The molecule has 0 aliphatic carbocycles. The molecule has 1 aromatic heterocycles. The Labute approximate surface area is 174 Å². The van der Waals surface area contributed by atoms with Gasteiger partial charge in [0.1, 0.15) is 5.82 Å². The number of aromatic amines is 1. The number of halogens is 1. The van der Waals surface area contributed by atoms with E-state index in [4.69, 9.17) is 4.74 Å². The van der Waals surface area contributed by atoms with E-state index < -0.39 is 5.82 Å². The van der Waals surface area contributed by atoms with Gasteiger partial charge in [0.15, 0.2) is 5.75 Å². The van der Waals surface area contributed by atoms with Gasteiger partial charge < -0.3 is 15.0 Å². The second-order valence-electron chi connectivity index (χ2n) is 7.08. The lowest BCUT2D eigenvalue weighted by atomic mass is 10.1. The largest absolute Gasteiger partial charge is 0.491 e. The number of fused-ring (bicyclic) bond motifs is 1. The summed E-state index contributed by atoms with van der Waals surface area (Å²) in [4.78, 5) is 15.4. The molecule has 0 amide bonds. The van der Waals surface area contributed by atoms with Crippen LogP contribution in [0, 0.1) is 5.82 Å². The Balaban J connectivity index is 1.51. The van der Waals surface area contributed by atoms with Crippen molar-refractivity contribution in [2.75, 3.05) is 13.2 Å². The highest BCUT2D eigenvalue weighted by Crippen LogP contribution is 2.33. The van der Waals surface area contributed by atoms with E-state index in [0.717, 1.165) is 25.1 Å². The maximum Gasteiger partial charge on any atom is 0.256 e. The molecule has 0 unspecified atom stereocenters. The molecular weight excluding hydrogens is 379 g/mol. The lowest BCUT2D eigenvalue weighted by Crippen LogP contribution is -2.17. The first kappa shape index (κ1) is 19.9. The maximum atomic E-state index is 13.7. The number of ether oxygens (including phenoxy) is 1. The van der Waals surface area contributed by atoms with Gasteiger partial charge in [0.2, 0.25) is 0 Å². The summed E-state index contributed by atoms with van der Waals surface area (Å²) < 4.78 is 19.8. The van der Waals surface area contributed by atoms with E-state index in [2.05, 4.69) is 22.4 Å². The van der Waals surface area contributed by atoms with Crippen LogP contribution in [-0.2, 0) is 6.54 Å². The van der Waals surface area contributed by atoms with Crippen LogP contribution in [0.15, 0.2) is 83.7 Å². The van der Waals surface area contributed by atoms with Gasteiger partial charge in [0.05, 0.1) is 17.7 Å². The first-order valence-electron chi connectivity index (χ1n) is 10.0. The second kappa shape index (κ2) is 9.37. The third-order valence-electron chi connectivity index (χ3n) is 4.92. The number of hydrogen-bond donors (Lipinski definition) is 2. The zero-order chi connectivity index (χ0) is 20.8. The summed E-state index contributed by atoms with van der Waals surface area (Å²) in [6, 6.07) is 24.0. The fraction of sp³-hybridized carbons (Fsp3) is 0.160. The lowest BCUT2D eigenvalue weighted by Gasteiger charge is -2.15. The van der Waals surface area contributed by atoms with Crippen LogP contribution in [0.2, 0.25) is 0 Å². The van der Waals surface area contributed by atoms with Gasteiger partial charge in [-0.2, -0.15) is 0 Å². The minimum Gasteiger partial charge on any atom is -0.491 e. The van der Waals surface area contributed by atoms with Gasteiger partial charge in [0.25, 0.3) is 5.56 Å². The predicted octanol–water partition coefficient (Wildman–Crippen LogP) is 4.89. The summed E-state index contributed by atoms with van der Waals surface area (Å²) >= 11 is 0. The van der Waals surface area contributed by atoms with Crippen molar-refractivity contribution in [1.82, 2.24) is 10.3 Å². The molecule has 0 saturated carbocycles. The summed E-state index contributed by atoms with van der Waals surface area (Å²) in [6.07, 6.45) is 0.795. The van der Waals surface area contributed by atoms with Crippen molar-refractivity contribution >= 4 is 10.8 Å². The zero-order valence-corrected chi connectivity index (χ0v) is 16.5. The van der Waals surface area contributed by atoms with E-state index in [-0.39, 0.29) is 10.9 Å². The Morgan fingerprint density at radius 3 is 2.40 bits per heavy atom. The molecule has 30 heavy (non-hydrogen) atoms. The monoisotopic (exact) mass is 402 g/mol. The van der Waals surface area contributed by atoms with Crippen molar-refractivity contribution in [1.29, 1.82) is 0 Å². The van der Waals surface area contributed by atoms with Crippen LogP contribution in [0.5, 0.6) is 5.75 Å². The third kappa shape index (κ3) is 4.58. The SMILES string of the molecule is O=c1[nH]c(-c2ccccc2)c(OCCCNCc2ccccc2)c2ccc(F)cc12. The Hall–Kier alpha value is -3.44. The average molecular weight is 402 g/mol. The van der Waals surface area contributed by atoms with Crippen molar-refractivity contribution in [2.45, 2.75) is 13.0 Å². The highest BCUT2D eigenvalue weighted by molar-refractivity contribution is 5.92. The predicted molar refractivity (Wildman–Crippen MR) is 118 cm³/mol. The Bertz CT molecular complexity index is 1170. The molecular formula is C25H23FN2O2. The van der Waals surface area contributed by atoms with Crippen LogP contribution in [0.25, 0.3) is 22.0 Å². The Morgan fingerprint density at radius 1 is 0.900 bits per heavy atom. The summed E-state index contributed by atoms with van der Waals surface area (Å²) in [5.74, 6) is 0.121. The minimum atomic E-state index is -0.448. The number of aromatic nitrogens is 1. The number of pyridine rings is 1. The van der Waals surface area contributed by atoms with Crippen LogP contribution in [0.1, 0.15) is 12.0 Å². The summed E-state index contributed by atoms with van der Waals surface area (Å²) in [5.41, 5.74) is 2.36. The molecule has 152 valence electrons. The third-order valence-corrected chi connectivity index (χ3v) is 4.92. The molecule has 0 radical (unpaired) electrons. The number of H-pyrrole nitrogens is 1. The zero-order valence-electron chi connectivity index (χ0n) is 16.5. The molecule has 0 aliphatic heterocycles. The van der Waals surface area contributed by atoms with Crippen LogP contribution in [0.4, 0.5) is 4.39 Å². The standard InChI is InChI=1S/C25H23FN2O2/c26-20-12-13-21-22(16-20)25(29)28-23(19-10-5-2-6-11-19)24(21)30-15-7-14-27-17-18-8-3-1-4-9-18/h1-6,8-13,16,27H,7,14-15,17H2,(H,28,29). The number of rotatable bonds is 8. The summed E-state index contributed by atoms with van der Waals surface area (Å²) in [6.45, 7) is 2.07. The summed E-state index contributed by atoms with van der Waals surface area (Å²) in [5, 5.41) is 4.29. The van der Waals surface area contributed by atoms with Gasteiger partial charge in [-0.1, -0.05) is 60.7 Å². The van der Waals surface area contributed by atoms with E-state index >= 15 is 0 Å². The highest BCUT2D eigenvalue weighted by atomic mass is 19.1. The minimum absolute atomic E-state index is 0.284. The fourth-order valence-electron chi connectivity index (χ4n) is 3.43. The molecule has 0 atom stereocenters. The topological polar surface area (TPSA) is 54.1 Å². The van der Waals surface area contributed by atoms with Crippen LogP contribution < -0.4 is 15.6 Å². The average Bonchev–Trinajstić information content (AvgIpc) is 2.78. The molecule has 5 heteroatoms. The van der Waals surface area contributed by atoms with Crippen molar-refractivity contribution in [3.05, 3.63) is 101 Å². The quantitative estimate of drug-likeness (QED) is 0.413. The molecule has 4 nitrogen and oxygen atoms in total. The number of benzene rings is 3. The van der Waals surface area contributed by atoms with Crippen LogP contribution >= 0.6 is 0 Å². The molecule has 2 N–H and O–H groups in total. The second-order valence-corrected chi connectivity index (χ2v) is 7.08. The van der Waals surface area contributed by atoms with Crippen molar-refractivity contribution in [3.63, 3.8) is 0 Å². The molecule has 3 aromatic carbocycles.